The molecule has 0 unspecified atom stereocenters. The van der Waals surface area contributed by atoms with Gasteiger partial charge >= 0.3 is 12.1 Å². The minimum atomic E-state index is -4.58. The van der Waals surface area contributed by atoms with Crippen LogP contribution in [0.3, 0.4) is 0 Å². The van der Waals surface area contributed by atoms with Gasteiger partial charge in [0, 0.05) is 11.1 Å². The van der Waals surface area contributed by atoms with Crippen molar-refractivity contribution in [2.45, 2.75) is 18.0 Å². The summed E-state index contributed by atoms with van der Waals surface area (Å²) in [4.78, 5) is 11.7. The van der Waals surface area contributed by atoms with E-state index in [4.69, 9.17) is 4.74 Å². The molecule has 0 spiro atoms. The molecule has 0 radical (unpaired) electrons. The number of carbonyl (C=O) groups is 1. The van der Waals surface area contributed by atoms with Crippen LogP contribution in [0.5, 0.6) is 0 Å². The maximum absolute atomic E-state index is 13.1. The average molecular weight is 385 g/mol. The molecule has 0 saturated heterocycles. The van der Waals surface area contributed by atoms with Crippen molar-refractivity contribution >= 4 is 21.7 Å². The van der Waals surface area contributed by atoms with Crippen molar-refractivity contribution in [2.24, 2.45) is 0 Å². The van der Waals surface area contributed by atoms with Crippen LogP contribution in [0.15, 0.2) is 47.4 Å². The lowest BCUT2D eigenvalue weighted by Gasteiger charge is -2.31. The number of fused-ring (bicyclic) bond motifs is 3. The van der Waals surface area contributed by atoms with Crippen LogP contribution < -0.4 is 4.31 Å². The van der Waals surface area contributed by atoms with E-state index in [0.29, 0.717) is 0 Å². The van der Waals surface area contributed by atoms with Crippen LogP contribution in [0.1, 0.15) is 12.5 Å². The van der Waals surface area contributed by atoms with Crippen molar-refractivity contribution in [3.63, 3.8) is 0 Å². The summed E-state index contributed by atoms with van der Waals surface area (Å²) in [6.45, 7) is 1.01. The highest BCUT2D eigenvalue weighted by molar-refractivity contribution is 7.93. The van der Waals surface area contributed by atoms with E-state index in [1.54, 1.807) is 13.0 Å². The summed E-state index contributed by atoms with van der Waals surface area (Å²) in [6.07, 6.45) is -4.58. The number of anilines is 1. The van der Waals surface area contributed by atoms with Gasteiger partial charge < -0.3 is 4.74 Å². The topological polar surface area (TPSA) is 63.7 Å². The fourth-order valence-electron chi connectivity index (χ4n) is 2.80. The van der Waals surface area contributed by atoms with Gasteiger partial charge in [-0.15, -0.1) is 0 Å². The van der Waals surface area contributed by atoms with E-state index in [9.17, 15) is 26.4 Å². The number of ether oxygens (including phenoxy) is 1. The molecule has 1 aliphatic rings. The predicted molar refractivity (Wildman–Crippen MR) is 88.0 cm³/mol. The van der Waals surface area contributed by atoms with Crippen molar-refractivity contribution in [1.82, 2.24) is 0 Å². The number of esters is 1. The van der Waals surface area contributed by atoms with Crippen molar-refractivity contribution in [2.75, 3.05) is 17.5 Å². The van der Waals surface area contributed by atoms with Gasteiger partial charge in [-0.25, -0.2) is 8.42 Å². The van der Waals surface area contributed by atoms with Gasteiger partial charge in [0.1, 0.15) is 6.54 Å². The first-order valence-corrected chi connectivity index (χ1v) is 9.09. The second-order valence-electron chi connectivity index (χ2n) is 5.54. The molecule has 0 aromatic heterocycles. The Balaban J connectivity index is 2.23. The van der Waals surface area contributed by atoms with E-state index in [1.807, 2.05) is 0 Å². The fraction of sp³-hybridized carbons (Fsp3) is 0.235. The summed E-state index contributed by atoms with van der Waals surface area (Å²) in [5.41, 5.74) is -0.644. The van der Waals surface area contributed by atoms with E-state index < -0.39 is 34.3 Å². The third kappa shape index (κ3) is 3.03. The molecule has 1 heterocycles. The Labute approximate surface area is 148 Å². The second kappa shape index (κ2) is 6.31. The maximum atomic E-state index is 13.1. The number of alkyl halides is 3. The number of hydrogen-bond donors (Lipinski definition) is 0. The Hall–Kier alpha value is -2.55. The van der Waals surface area contributed by atoms with Crippen molar-refractivity contribution in [1.29, 1.82) is 0 Å². The number of sulfonamides is 1. The molecule has 5 nitrogen and oxygen atoms in total. The van der Waals surface area contributed by atoms with Gasteiger partial charge in [-0.3, -0.25) is 9.10 Å². The van der Waals surface area contributed by atoms with Crippen LogP contribution in [-0.2, 0) is 25.7 Å². The average Bonchev–Trinajstić information content (AvgIpc) is 2.58. The largest absolute Gasteiger partial charge is 0.465 e. The van der Waals surface area contributed by atoms with Crippen LogP contribution in [0, 0.1) is 0 Å². The molecule has 138 valence electrons. The minimum absolute atomic E-state index is 0.00440. The van der Waals surface area contributed by atoms with Crippen molar-refractivity contribution < 1.29 is 31.1 Å². The second-order valence-corrected chi connectivity index (χ2v) is 7.37. The highest BCUT2D eigenvalue weighted by Crippen LogP contribution is 2.45. The summed E-state index contributed by atoms with van der Waals surface area (Å²) < 4.78 is 70.6. The SMILES string of the molecule is CCOC(=O)CN1c2ccc(C(F)(F)F)cc2-c2ccccc2S1(=O)=O. The lowest BCUT2D eigenvalue weighted by molar-refractivity contribution is -0.141. The Morgan fingerprint density at radius 2 is 1.81 bits per heavy atom. The summed E-state index contributed by atoms with van der Waals surface area (Å²) in [5, 5.41) is 0. The first-order chi connectivity index (χ1) is 12.2. The third-order valence-electron chi connectivity index (χ3n) is 3.92. The molecular formula is C17H14F3NO4S. The molecule has 0 fully saturated rings. The van der Waals surface area contributed by atoms with Crippen LogP contribution in [0.25, 0.3) is 11.1 Å². The van der Waals surface area contributed by atoms with Gasteiger partial charge in [0.2, 0.25) is 0 Å². The van der Waals surface area contributed by atoms with Gasteiger partial charge in [0.05, 0.1) is 22.8 Å². The standard InChI is InChI=1S/C17H14F3NO4S/c1-2-25-16(22)10-21-14-8-7-11(17(18,19)20)9-13(14)12-5-3-4-6-15(12)26(21,23)24/h3-9H,2,10H2,1H3. The van der Waals surface area contributed by atoms with E-state index >= 15 is 0 Å². The Morgan fingerprint density at radius 1 is 1.12 bits per heavy atom. The zero-order valence-corrected chi connectivity index (χ0v) is 14.4. The van der Waals surface area contributed by atoms with Gasteiger partial charge in [-0.05, 0) is 31.2 Å². The highest BCUT2D eigenvalue weighted by atomic mass is 32.2. The lowest BCUT2D eigenvalue weighted by Crippen LogP contribution is -2.39. The Morgan fingerprint density at radius 3 is 2.46 bits per heavy atom. The fourth-order valence-corrected chi connectivity index (χ4v) is 4.44. The lowest BCUT2D eigenvalue weighted by atomic mass is 10.00. The smallest absolute Gasteiger partial charge is 0.416 e. The molecule has 0 aliphatic carbocycles. The molecule has 0 N–H and O–H groups in total. The van der Waals surface area contributed by atoms with E-state index in [2.05, 4.69) is 0 Å². The van der Waals surface area contributed by atoms with Crippen LogP contribution in [0.4, 0.5) is 18.9 Å². The number of nitrogens with zero attached hydrogens (tertiary/aromatic N) is 1. The molecular weight excluding hydrogens is 371 g/mol. The molecule has 2 aromatic rings. The van der Waals surface area contributed by atoms with E-state index in [-0.39, 0.29) is 28.3 Å². The third-order valence-corrected chi connectivity index (χ3v) is 5.73. The zero-order valence-electron chi connectivity index (χ0n) is 13.6. The molecule has 3 rings (SSSR count). The summed E-state index contributed by atoms with van der Waals surface area (Å²) in [7, 11) is -4.11. The maximum Gasteiger partial charge on any atom is 0.416 e. The first kappa shape index (κ1) is 18.2. The van der Waals surface area contributed by atoms with Crippen LogP contribution >= 0.6 is 0 Å². The van der Waals surface area contributed by atoms with Crippen LogP contribution in [-0.4, -0.2) is 27.5 Å². The molecule has 0 bridgehead atoms. The van der Waals surface area contributed by atoms with Gasteiger partial charge in [-0.1, -0.05) is 18.2 Å². The molecule has 2 aromatic carbocycles. The highest BCUT2D eigenvalue weighted by Gasteiger charge is 2.38. The number of rotatable bonds is 3. The number of carbonyl (C=O) groups excluding carboxylic acids is 1. The number of hydrogen-bond acceptors (Lipinski definition) is 4. The molecule has 9 heteroatoms. The Kier molecular flexibility index (Phi) is 4.43. The Bertz CT molecular complexity index is 970. The predicted octanol–water partition coefficient (Wildman–Crippen LogP) is 3.44. The van der Waals surface area contributed by atoms with E-state index in [0.717, 1.165) is 22.5 Å². The zero-order chi connectivity index (χ0) is 19.1. The van der Waals surface area contributed by atoms with Crippen molar-refractivity contribution in [3.8, 4) is 11.1 Å². The van der Waals surface area contributed by atoms with Crippen molar-refractivity contribution in [3.05, 3.63) is 48.0 Å². The molecule has 0 saturated carbocycles. The van der Waals surface area contributed by atoms with Gasteiger partial charge in [0.15, 0.2) is 0 Å². The number of benzene rings is 2. The molecule has 0 atom stereocenters. The first-order valence-electron chi connectivity index (χ1n) is 7.65. The quantitative estimate of drug-likeness (QED) is 0.760. The molecule has 0 amide bonds. The van der Waals surface area contributed by atoms with Gasteiger partial charge in [-0.2, -0.15) is 13.2 Å². The monoisotopic (exact) mass is 385 g/mol. The summed E-state index contributed by atoms with van der Waals surface area (Å²) >= 11 is 0. The molecule has 1 aliphatic heterocycles. The van der Waals surface area contributed by atoms with Gasteiger partial charge in [0.25, 0.3) is 10.0 Å². The summed E-state index contributed by atoms with van der Waals surface area (Å²) in [6, 6.07) is 8.49. The normalized spacial score (nSPS) is 15.2. The molecule has 26 heavy (non-hydrogen) atoms. The van der Waals surface area contributed by atoms with Crippen LogP contribution in [0.2, 0.25) is 0 Å². The van der Waals surface area contributed by atoms with E-state index in [1.165, 1.54) is 18.2 Å². The number of halogens is 3. The minimum Gasteiger partial charge on any atom is -0.465 e. The summed E-state index contributed by atoms with van der Waals surface area (Å²) in [5.74, 6) is -0.790.